The fraction of sp³-hybridized carbons (Fsp3) is 0.273. The minimum Gasteiger partial charge on any atom is -0.481 e. The topological polar surface area (TPSA) is 80.9 Å². The summed E-state index contributed by atoms with van der Waals surface area (Å²) in [5.41, 5.74) is 0.298. The van der Waals surface area contributed by atoms with Gasteiger partial charge in [-0.1, -0.05) is 11.8 Å². The lowest BCUT2D eigenvalue weighted by molar-refractivity contribution is -0.133. The van der Waals surface area contributed by atoms with Crippen molar-refractivity contribution in [3.05, 3.63) is 24.3 Å². The van der Waals surface area contributed by atoms with Crippen molar-refractivity contribution in [2.75, 3.05) is 5.75 Å². The summed E-state index contributed by atoms with van der Waals surface area (Å²) in [6.07, 6.45) is 2.57. The van der Waals surface area contributed by atoms with Gasteiger partial charge in [0.25, 0.3) is 0 Å². The van der Waals surface area contributed by atoms with Gasteiger partial charge in [-0.25, -0.2) is 4.39 Å². The number of halogens is 1. The predicted molar refractivity (Wildman–Crippen MR) is 67.2 cm³/mol. The van der Waals surface area contributed by atoms with Crippen LogP contribution in [0, 0.1) is 5.82 Å². The number of hydrogen-bond acceptors (Lipinski definition) is 5. The molecule has 0 aliphatic carbocycles. The molecule has 6 nitrogen and oxygen atoms in total. The van der Waals surface area contributed by atoms with Crippen molar-refractivity contribution in [3.63, 3.8) is 0 Å². The molecule has 0 saturated heterocycles. The molecule has 2 heterocycles. The van der Waals surface area contributed by atoms with Gasteiger partial charge in [0.05, 0.1) is 17.5 Å². The molecule has 0 aromatic carbocycles. The molecule has 0 amide bonds. The molecule has 0 fully saturated rings. The van der Waals surface area contributed by atoms with Crippen LogP contribution in [0.25, 0.3) is 11.4 Å². The second kappa shape index (κ2) is 5.79. The Balaban J connectivity index is 2.37. The van der Waals surface area contributed by atoms with Gasteiger partial charge in [-0.2, -0.15) is 0 Å². The molecular formula is C11H11FN4O2S. The van der Waals surface area contributed by atoms with E-state index in [1.165, 1.54) is 12.3 Å². The Kier molecular flexibility index (Phi) is 4.10. The molecule has 0 aliphatic heterocycles. The van der Waals surface area contributed by atoms with Crippen LogP contribution in [0.3, 0.4) is 0 Å². The minimum atomic E-state index is -0.938. The van der Waals surface area contributed by atoms with E-state index in [4.69, 9.17) is 5.11 Å². The maximum Gasteiger partial charge on any atom is 0.313 e. The van der Waals surface area contributed by atoms with Gasteiger partial charge in [0.15, 0.2) is 16.8 Å². The summed E-state index contributed by atoms with van der Waals surface area (Å²) >= 11 is 1.05. The highest BCUT2D eigenvalue weighted by atomic mass is 32.2. The van der Waals surface area contributed by atoms with E-state index in [2.05, 4.69) is 15.2 Å². The molecule has 2 rings (SSSR count). The average Bonchev–Trinajstić information content (AvgIpc) is 2.79. The number of rotatable bonds is 5. The Bertz CT molecular complexity index is 602. The van der Waals surface area contributed by atoms with Crippen LogP contribution >= 0.6 is 11.8 Å². The number of hydrogen-bond donors (Lipinski definition) is 1. The minimum absolute atomic E-state index is 0.114. The van der Waals surface area contributed by atoms with E-state index in [1.54, 1.807) is 4.57 Å². The molecule has 0 bridgehead atoms. The normalized spacial score (nSPS) is 10.6. The molecule has 19 heavy (non-hydrogen) atoms. The SMILES string of the molecule is CCn1c(SCC(=O)O)nnc1-c1ccncc1F. The second-order valence-corrected chi connectivity index (χ2v) is 4.53. The van der Waals surface area contributed by atoms with Crippen molar-refractivity contribution < 1.29 is 14.3 Å². The number of aliphatic carboxylic acids is 1. The standard InChI is InChI=1S/C11H11FN4O2S/c1-2-16-10(7-3-4-13-5-8(7)12)14-15-11(16)19-6-9(17)18/h3-5H,2,6H2,1H3,(H,17,18). The molecule has 8 heteroatoms. The van der Waals surface area contributed by atoms with E-state index in [0.717, 1.165) is 18.0 Å². The summed E-state index contributed by atoms with van der Waals surface area (Å²) in [5, 5.41) is 16.9. The Morgan fingerprint density at radius 2 is 2.32 bits per heavy atom. The third-order valence-corrected chi connectivity index (χ3v) is 3.32. The number of nitrogens with zero attached hydrogens (tertiary/aromatic N) is 4. The molecule has 0 unspecified atom stereocenters. The third-order valence-electron chi connectivity index (χ3n) is 2.37. The van der Waals surface area contributed by atoms with Crippen LogP contribution in [0.5, 0.6) is 0 Å². The number of carboxylic acids is 1. The quantitative estimate of drug-likeness (QED) is 0.840. The molecule has 2 aromatic rings. The third kappa shape index (κ3) is 2.90. The van der Waals surface area contributed by atoms with Gasteiger partial charge in [-0.05, 0) is 13.0 Å². The van der Waals surface area contributed by atoms with E-state index in [9.17, 15) is 9.18 Å². The summed E-state index contributed by atoms with van der Waals surface area (Å²) in [6, 6.07) is 1.51. The first-order valence-corrected chi connectivity index (χ1v) is 6.49. The summed E-state index contributed by atoms with van der Waals surface area (Å²) in [4.78, 5) is 14.2. The van der Waals surface area contributed by atoms with Gasteiger partial charge in [-0.3, -0.25) is 9.78 Å². The lowest BCUT2D eigenvalue weighted by Crippen LogP contribution is -2.04. The first kappa shape index (κ1) is 13.5. The number of pyridine rings is 1. The van der Waals surface area contributed by atoms with Gasteiger partial charge < -0.3 is 9.67 Å². The predicted octanol–water partition coefficient (Wildman–Crippen LogP) is 1.68. The lowest BCUT2D eigenvalue weighted by Gasteiger charge is -2.06. The maximum absolute atomic E-state index is 13.7. The number of aromatic nitrogens is 4. The lowest BCUT2D eigenvalue weighted by atomic mass is 10.2. The van der Waals surface area contributed by atoms with Crippen molar-refractivity contribution in [3.8, 4) is 11.4 Å². The molecule has 0 atom stereocenters. The first-order valence-electron chi connectivity index (χ1n) is 5.51. The highest BCUT2D eigenvalue weighted by Gasteiger charge is 2.16. The van der Waals surface area contributed by atoms with Crippen LogP contribution in [0.15, 0.2) is 23.6 Å². The van der Waals surface area contributed by atoms with Crippen molar-refractivity contribution in [1.82, 2.24) is 19.7 Å². The Morgan fingerprint density at radius 3 is 2.95 bits per heavy atom. The fourth-order valence-corrected chi connectivity index (χ4v) is 2.29. The average molecular weight is 282 g/mol. The van der Waals surface area contributed by atoms with Gasteiger partial charge in [0, 0.05) is 12.7 Å². The summed E-state index contributed by atoms with van der Waals surface area (Å²) in [6.45, 7) is 2.38. The molecule has 0 saturated carbocycles. The van der Waals surface area contributed by atoms with Crippen molar-refractivity contribution in [2.45, 2.75) is 18.6 Å². The molecule has 0 radical (unpaired) electrons. The maximum atomic E-state index is 13.7. The van der Waals surface area contributed by atoms with E-state index >= 15 is 0 Å². The van der Waals surface area contributed by atoms with Gasteiger partial charge in [-0.15, -0.1) is 10.2 Å². The van der Waals surface area contributed by atoms with Crippen LogP contribution < -0.4 is 0 Å². The molecule has 100 valence electrons. The molecule has 0 aliphatic rings. The summed E-state index contributed by atoms with van der Waals surface area (Å²) in [5.74, 6) is -1.17. The van der Waals surface area contributed by atoms with E-state index in [1.807, 2.05) is 6.92 Å². The zero-order valence-electron chi connectivity index (χ0n) is 10.1. The first-order chi connectivity index (χ1) is 9.13. The van der Waals surface area contributed by atoms with Crippen molar-refractivity contribution >= 4 is 17.7 Å². The zero-order valence-corrected chi connectivity index (χ0v) is 10.9. The van der Waals surface area contributed by atoms with Crippen molar-refractivity contribution in [2.24, 2.45) is 0 Å². The van der Waals surface area contributed by atoms with E-state index < -0.39 is 11.8 Å². The van der Waals surface area contributed by atoms with Crippen LogP contribution in [0.2, 0.25) is 0 Å². The van der Waals surface area contributed by atoms with Crippen LogP contribution in [0.4, 0.5) is 4.39 Å². The van der Waals surface area contributed by atoms with E-state index in [0.29, 0.717) is 23.1 Å². The van der Waals surface area contributed by atoms with Crippen molar-refractivity contribution in [1.29, 1.82) is 0 Å². The van der Waals surface area contributed by atoms with Crippen LogP contribution in [0.1, 0.15) is 6.92 Å². The Morgan fingerprint density at radius 1 is 1.53 bits per heavy atom. The van der Waals surface area contributed by atoms with Crippen LogP contribution in [-0.2, 0) is 11.3 Å². The van der Waals surface area contributed by atoms with Gasteiger partial charge in [0.2, 0.25) is 0 Å². The molecule has 1 N–H and O–H groups in total. The molecule has 2 aromatic heterocycles. The van der Waals surface area contributed by atoms with Crippen LogP contribution in [-0.4, -0.2) is 36.6 Å². The van der Waals surface area contributed by atoms with E-state index in [-0.39, 0.29) is 5.75 Å². The highest BCUT2D eigenvalue weighted by molar-refractivity contribution is 7.99. The second-order valence-electron chi connectivity index (χ2n) is 3.59. The summed E-state index contributed by atoms with van der Waals surface area (Å²) < 4.78 is 15.3. The zero-order chi connectivity index (χ0) is 13.8. The number of thioether (sulfide) groups is 1. The van der Waals surface area contributed by atoms with Gasteiger partial charge >= 0.3 is 5.97 Å². The van der Waals surface area contributed by atoms with Gasteiger partial charge in [0.1, 0.15) is 0 Å². The highest BCUT2D eigenvalue weighted by Crippen LogP contribution is 2.25. The smallest absolute Gasteiger partial charge is 0.313 e. The number of carboxylic acid groups (broad SMARTS) is 1. The fourth-order valence-electron chi connectivity index (χ4n) is 1.56. The number of carbonyl (C=O) groups is 1. The molecular weight excluding hydrogens is 271 g/mol. The monoisotopic (exact) mass is 282 g/mol. The molecule has 0 spiro atoms. The summed E-state index contributed by atoms with van der Waals surface area (Å²) in [7, 11) is 0. The largest absolute Gasteiger partial charge is 0.481 e. The Labute approximate surface area is 112 Å². The Hall–Kier alpha value is -1.96.